The van der Waals surface area contributed by atoms with Crippen molar-refractivity contribution in [2.45, 2.75) is 23.8 Å². The highest BCUT2D eigenvalue weighted by atomic mass is 35.5. The van der Waals surface area contributed by atoms with Gasteiger partial charge in [0.1, 0.15) is 12.7 Å². The Labute approximate surface area is 191 Å². The van der Waals surface area contributed by atoms with E-state index >= 15 is 0 Å². The summed E-state index contributed by atoms with van der Waals surface area (Å²) in [6.45, 7) is 3.14. The van der Waals surface area contributed by atoms with Crippen LogP contribution in [0.15, 0.2) is 47.4 Å². The van der Waals surface area contributed by atoms with Crippen LogP contribution in [0.5, 0.6) is 11.5 Å². The molecule has 2 aromatic carbocycles. The van der Waals surface area contributed by atoms with Crippen LogP contribution in [0.4, 0.5) is 5.69 Å². The number of hydrogen-bond donors (Lipinski definition) is 1. The van der Waals surface area contributed by atoms with Crippen LogP contribution in [0.3, 0.4) is 0 Å². The van der Waals surface area contributed by atoms with Gasteiger partial charge in [0, 0.05) is 36.3 Å². The van der Waals surface area contributed by atoms with Crippen molar-refractivity contribution in [2.75, 3.05) is 32.8 Å². The molecule has 0 amide bonds. The van der Waals surface area contributed by atoms with Crippen molar-refractivity contribution in [1.82, 2.24) is 9.62 Å². The molecule has 2 aliphatic rings. The Balaban J connectivity index is 1.25. The fraction of sp³-hybridized carbons (Fsp3) is 0.429. The number of sulfonamides is 1. The van der Waals surface area contributed by atoms with Gasteiger partial charge in [-0.2, -0.15) is 0 Å². The minimum absolute atomic E-state index is 0.0927. The molecule has 2 heterocycles. The quantitative estimate of drug-likeness (QED) is 0.477. The van der Waals surface area contributed by atoms with E-state index in [9.17, 15) is 18.5 Å². The second-order valence-corrected chi connectivity index (χ2v) is 10.2. The van der Waals surface area contributed by atoms with E-state index in [1.807, 2.05) is 0 Å². The lowest BCUT2D eigenvalue weighted by Gasteiger charge is -2.35. The molecule has 0 aliphatic carbocycles. The van der Waals surface area contributed by atoms with Crippen LogP contribution in [0.1, 0.15) is 12.8 Å². The molecule has 0 saturated carbocycles. The second-order valence-electron chi connectivity index (χ2n) is 7.99. The number of non-ortho nitro benzene ring substituents is 1. The molecular formula is C21H24ClN3O6S. The van der Waals surface area contributed by atoms with Crippen LogP contribution >= 0.6 is 11.6 Å². The van der Waals surface area contributed by atoms with Gasteiger partial charge in [-0.1, -0.05) is 17.7 Å². The molecule has 4 rings (SSSR count). The Bertz CT molecular complexity index is 1090. The first-order valence-corrected chi connectivity index (χ1v) is 12.2. The second kappa shape index (κ2) is 9.62. The molecule has 1 fully saturated rings. The average molecular weight is 482 g/mol. The molecular weight excluding hydrogens is 458 g/mol. The number of rotatable bonds is 7. The molecule has 1 saturated heterocycles. The summed E-state index contributed by atoms with van der Waals surface area (Å²) in [4.78, 5) is 12.5. The van der Waals surface area contributed by atoms with Crippen molar-refractivity contribution in [3.8, 4) is 11.5 Å². The number of nitro benzene ring substituents is 1. The predicted molar refractivity (Wildman–Crippen MR) is 119 cm³/mol. The summed E-state index contributed by atoms with van der Waals surface area (Å²) in [6, 6.07) is 10.4. The van der Waals surface area contributed by atoms with Crippen molar-refractivity contribution in [3.63, 3.8) is 0 Å². The molecule has 11 heteroatoms. The van der Waals surface area contributed by atoms with E-state index < -0.39 is 14.9 Å². The van der Waals surface area contributed by atoms with Gasteiger partial charge in [0.15, 0.2) is 11.5 Å². The molecule has 1 N–H and O–H groups in total. The Hall–Kier alpha value is -2.40. The summed E-state index contributed by atoms with van der Waals surface area (Å²) >= 11 is 6.03. The molecule has 0 unspecified atom stereocenters. The van der Waals surface area contributed by atoms with Crippen LogP contribution in [-0.2, 0) is 10.0 Å². The Morgan fingerprint density at radius 3 is 2.69 bits per heavy atom. The molecule has 0 spiro atoms. The summed E-state index contributed by atoms with van der Waals surface area (Å²) < 4.78 is 39.4. The van der Waals surface area contributed by atoms with E-state index in [0.29, 0.717) is 29.7 Å². The number of fused-ring (bicyclic) bond motifs is 1. The molecule has 0 aromatic heterocycles. The maximum Gasteiger partial charge on any atom is 0.270 e. The first kappa shape index (κ1) is 22.8. The van der Waals surface area contributed by atoms with E-state index in [1.54, 1.807) is 18.2 Å². The van der Waals surface area contributed by atoms with Crippen LogP contribution in [0.25, 0.3) is 0 Å². The molecule has 2 aliphatic heterocycles. The van der Waals surface area contributed by atoms with E-state index in [0.717, 1.165) is 38.5 Å². The Kier molecular flexibility index (Phi) is 6.85. The first-order valence-electron chi connectivity index (χ1n) is 10.4. The number of halogens is 1. The van der Waals surface area contributed by atoms with Crippen molar-refractivity contribution >= 4 is 27.3 Å². The highest BCUT2D eigenvalue weighted by molar-refractivity contribution is 7.89. The third-order valence-electron chi connectivity index (χ3n) is 5.69. The number of benzene rings is 2. The fourth-order valence-corrected chi connectivity index (χ4v) is 5.23. The molecule has 32 heavy (non-hydrogen) atoms. The molecule has 1 atom stereocenters. The standard InChI is InChI=1S/C21H24ClN3O6S/c22-16-4-5-20-21(10-16)31-18(14-30-20)13-24-8-6-15(7-9-24)12-23-32(28,29)19-3-1-2-17(11-19)25(26)27/h1-5,10-11,15,18,23H,6-9,12-14H2/t18-/m0/s1. The third kappa shape index (κ3) is 5.50. The monoisotopic (exact) mass is 481 g/mol. The van der Waals surface area contributed by atoms with E-state index in [4.69, 9.17) is 21.1 Å². The van der Waals surface area contributed by atoms with Gasteiger partial charge in [-0.3, -0.25) is 15.0 Å². The lowest BCUT2D eigenvalue weighted by molar-refractivity contribution is -0.385. The predicted octanol–water partition coefficient (Wildman–Crippen LogP) is 3.08. The van der Waals surface area contributed by atoms with Crippen LogP contribution in [0.2, 0.25) is 5.02 Å². The lowest BCUT2D eigenvalue weighted by atomic mass is 9.97. The number of ether oxygens (including phenoxy) is 2. The minimum atomic E-state index is -3.80. The maximum atomic E-state index is 12.5. The van der Waals surface area contributed by atoms with Crippen LogP contribution in [0, 0.1) is 16.0 Å². The number of nitrogens with zero attached hydrogens (tertiary/aromatic N) is 2. The van der Waals surface area contributed by atoms with Crippen molar-refractivity contribution < 1.29 is 22.8 Å². The first-order chi connectivity index (χ1) is 15.3. The smallest absolute Gasteiger partial charge is 0.270 e. The van der Waals surface area contributed by atoms with E-state index in [-0.39, 0.29) is 22.6 Å². The van der Waals surface area contributed by atoms with Crippen molar-refractivity contribution in [2.24, 2.45) is 5.92 Å². The zero-order valence-electron chi connectivity index (χ0n) is 17.3. The SMILES string of the molecule is O=[N+]([O-])c1cccc(S(=O)(=O)NCC2CCN(C[C@H]3COc4ccc(Cl)cc4O3)CC2)c1. The van der Waals surface area contributed by atoms with Crippen LogP contribution in [-0.4, -0.2) is 57.1 Å². The van der Waals surface area contributed by atoms with Crippen molar-refractivity contribution in [3.05, 3.63) is 57.6 Å². The lowest BCUT2D eigenvalue weighted by Crippen LogP contribution is -2.45. The van der Waals surface area contributed by atoms with Gasteiger partial charge >= 0.3 is 0 Å². The molecule has 2 aromatic rings. The Morgan fingerprint density at radius 1 is 1.16 bits per heavy atom. The van der Waals surface area contributed by atoms with Gasteiger partial charge in [0.25, 0.3) is 5.69 Å². The summed E-state index contributed by atoms with van der Waals surface area (Å²) in [6.07, 6.45) is 1.59. The molecule has 9 nitrogen and oxygen atoms in total. The highest BCUT2D eigenvalue weighted by Gasteiger charge is 2.27. The zero-order chi connectivity index (χ0) is 22.7. The maximum absolute atomic E-state index is 12.5. The number of nitrogens with one attached hydrogen (secondary N) is 1. The highest BCUT2D eigenvalue weighted by Crippen LogP contribution is 2.34. The van der Waals surface area contributed by atoms with Gasteiger partial charge < -0.3 is 9.47 Å². The van der Waals surface area contributed by atoms with Crippen molar-refractivity contribution in [1.29, 1.82) is 0 Å². The normalized spacial score (nSPS) is 19.6. The van der Waals surface area contributed by atoms with E-state index in [1.165, 1.54) is 18.2 Å². The number of likely N-dealkylation sites (tertiary alicyclic amines) is 1. The van der Waals surface area contributed by atoms with Crippen LogP contribution < -0.4 is 14.2 Å². The fourth-order valence-electron chi connectivity index (χ4n) is 3.92. The molecule has 0 radical (unpaired) electrons. The summed E-state index contributed by atoms with van der Waals surface area (Å²) in [5, 5.41) is 11.5. The number of piperidine rings is 1. The summed E-state index contributed by atoms with van der Waals surface area (Å²) in [5.41, 5.74) is -0.250. The summed E-state index contributed by atoms with van der Waals surface area (Å²) in [7, 11) is -3.80. The molecule has 0 bridgehead atoms. The average Bonchev–Trinajstić information content (AvgIpc) is 2.78. The number of hydrogen-bond acceptors (Lipinski definition) is 7. The Morgan fingerprint density at radius 2 is 1.94 bits per heavy atom. The van der Waals surface area contributed by atoms with Gasteiger partial charge in [0.2, 0.25) is 10.0 Å². The molecule has 172 valence electrons. The van der Waals surface area contributed by atoms with Gasteiger partial charge in [-0.05, 0) is 50.0 Å². The van der Waals surface area contributed by atoms with Gasteiger partial charge in [0.05, 0.1) is 9.82 Å². The van der Waals surface area contributed by atoms with E-state index in [2.05, 4.69) is 9.62 Å². The third-order valence-corrected chi connectivity index (χ3v) is 7.35. The number of nitro groups is 1. The topological polar surface area (TPSA) is 111 Å². The largest absolute Gasteiger partial charge is 0.486 e. The summed E-state index contributed by atoms with van der Waals surface area (Å²) in [5.74, 6) is 1.54. The minimum Gasteiger partial charge on any atom is -0.486 e. The van der Waals surface area contributed by atoms with Gasteiger partial charge in [-0.15, -0.1) is 0 Å². The zero-order valence-corrected chi connectivity index (χ0v) is 18.8. The van der Waals surface area contributed by atoms with Gasteiger partial charge in [-0.25, -0.2) is 13.1 Å².